The monoisotopic (exact) mass is 421 g/mol. The van der Waals surface area contributed by atoms with Crippen LogP contribution < -0.4 is 5.32 Å². The van der Waals surface area contributed by atoms with Crippen molar-refractivity contribution in [3.63, 3.8) is 0 Å². The fourth-order valence-corrected chi connectivity index (χ4v) is 2.58. The second-order valence-corrected chi connectivity index (χ2v) is 6.19. The summed E-state index contributed by atoms with van der Waals surface area (Å²) in [6.45, 7) is 4.98. The van der Waals surface area contributed by atoms with Crippen LogP contribution in [0.4, 0.5) is 5.69 Å². The van der Waals surface area contributed by atoms with Gasteiger partial charge in [0, 0.05) is 6.20 Å². The molecule has 0 unspecified atom stereocenters. The highest BCUT2D eigenvalue weighted by atomic mass is 35.5. The number of Topliss-reactive ketones (excluding diaryl/α,β-unsaturated/α-hetero) is 1. The minimum absolute atomic E-state index is 0.0514. The van der Waals surface area contributed by atoms with Gasteiger partial charge >= 0.3 is 11.9 Å². The lowest BCUT2D eigenvalue weighted by Crippen LogP contribution is -2.15. The Kier molecular flexibility index (Phi) is 8.92. The minimum Gasteiger partial charge on any atom is -0.462 e. The van der Waals surface area contributed by atoms with Crippen molar-refractivity contribution >= 4 is 58.2 Å². The highest BCUT2D eigenvalue weighted by Crippen LogP contribution is 2.38. The summed E-state index contributed by atoms with van der Waals surface area (Å²) in [6, 6.07) is 1.36. The molecule has 142 valence electrons. The molecule has 0 heterocycles. The van der Waals surface area contributed by atoms with E-state index in [0.29, 0.717) is 6.42 Å². The maximum atomic E-state index is 12.2. The first-order chi connectivity index (χ1) is 12.2. The molecule has 9 heteroatoms. The first kappa shape index (κ1) is 22.3. The van der Waals surface area contributed by atoms with Crippen molar-refractivity contribution in [2.45, 2.75) is 27.2 Å². The Morgan fingerprint density at radius 2 is 1.77 bits per heavy atom. The SMILES string of the molecule is CCCOC(=O)c1c(Cl)c(Cl)cc(NC=C(C(C)=O)C(=O)OCC)c1Cl. The van der Waals surface area contributed by atoms with E-state index in [0.717, 1.165) is 6.20 Å². The molecule has 0 fully saturated rings. The lowest BCUT2D eigenvalue weighted by molar-refractivity contribution is -0.139. The number of ketones is 1. The van der Waals surface area contributed by atoms with E-state index in [4.69, 9.17) is 44.3 Å². The summed E-state index contributed by atoms with van der Waals surface area (Å²) >= 11 is 18.3. The topological polar surface area (TPSA) is 81.7 Å². The number of carbonyl (C=O) groups is 3. The third kappa shape index (κ3) is 5.62. The first-order valence-electron chi connectivity index (χ1n) is 7.73. The van der Waals surface area contributed by atoms with Crippen LogP contribution >= 0.6 is 34.8 Å². The summed E-state index contributed by atoms with van der Waals surface area (Å²) in [4.78, 5) is 35.6. The number of hydrogen-bond acceptors (Lipinski definition) is 6. The molecule has 6 nitrogen and oxygen atoms in total. The van der Waals surface area contributed by atoms with Gasteiger partial charge in [0.25, 0.3) is 0 Å². The van der Waals surface area contributed by atoms with E-state index in [1.165, 1.54) is 13.0 Å². The molecule has 0 aromatic heterocycles. The fourth-order valence-electron chi connectivity index (χ4n) is 1.82. The summed E-state index contributed by atoms with van der Waals surface area (Å²) in [5, 5.41) is 2.63. The number of ether oxygens (including phenoxy) is 2. The van der Waals surface area contributed by atoms with Crippen LogP contribution in [-0.4, -0.2) is 30.9 Å². The standard InChI is InChI=1S/C17H18Cl3NO5/c1-4-6-26-17(24)13-14(19)11(18)7-12(15(13)20)21-8-10(9(3)22)16(23)25-5-2/h7-8,21H,4-6H2,1-3H3. The molecular weight excluding hydrogens is 405 g/mol. The van der Waals surface area contributed by atoms with Gasteiger partial charge in [-0.15, -0.1) is 0 Å². The molecule has 1 rings (SSSR count). The van der Waals surface area contributed by atoms with Crippen LogP contribution in [-0.2, 0) is 19.1 Å². The molecule has 1 aromatic rings. The molecule has 1 aromatic carbocycles. The highest BCUT2D eigenvalue weighted by Gasteiger charge is 2.22. The average Bonchev–Trinajstić information content (AvgIpc) is 2.57. The van der Waals surface area contributed by atoms with Gasteiger partial charge in [0.05, 0.1) is 34.0 Å². The highest BCUT2D eigenvalue weighted by molar-refractivity contribution is 6.47. The molecule has 26 heavy (non-hydrogen) atoms. The van der Waals surface area contributed by atoms with Crippen LogP contribution in [0.1, 0.15) is 37.6 Å². The van der Waals surface area contributed by atoms with E-state index >= 15 is 0 Å². The quantitative estimate of drug-likeness (QED) is 0.216. The van der Waals surface area contributed by atoms with Gasteiger partial charge in [0.2, 0.25) is 0 Å². The maximum Gasteiger partial charge on any atom is 0.343 e. The van der Waals surface area contributed by atoms with Crippen molar-refractivity contribution in [1.29, 1.82) is 0 Å². The molecule has 0 saturated heterocycles. The summed E-state index contributed by atoms with van der Waals surface area (Å²) < 4.78 is 9.86. The molecule has 0 atom stereocenters. The van der Waals surface area contributed by atoms with E-state index in [1.807, 2.05) is 6.92 Å². The van der Waals surface area contributed by atoms with Gasteiger partial charge in [-0.2, -0.15) is 0 Å². The molecule has 0 aliphatic rings. The van der Waals surface area contributed by atoms with Crippen molar-refractivity contribution in [2.75, 3.05) is 18.5 Å². The average molecular weight is 423 g/mol. The molecule has 0 amide bonds. The van der Waals surface area contributed by atoms with Crippen molar-refractivity contribution in [1.82, 2.24) is 0 Å². The number of halogens is 3. The van der Waals surface area contributed by atoms with Gasteiger partial charge in [-0.25, -0.2) is 9.59 Å². The summed E-state index contributed by atoms with van der Waals surface area (Å²) in [5.74, 6) is -2.02. The normalized spacial score (nSPS) is 11.1. The number of esters is 2. The Hall–Kier alpha value is -1.76. The molecule has 0 spiro atoms. The lowest BCUT2D eigenvalue weighted by atomic mass is 10.1. The van der Waals surface area contributed by atoms with Gasteiger partial charge < -0.3 is 14.8 Å². The smallest absolute Gasteiger partial charge is 0.343 e. The molecule has 0 bridgehead atoms. The molecule has 0 radical (unpaired) electrons. The van der Waals surface area contributed by atoms with Gasteiger partial charge in [-0.1, -0.05) is 41.7 Å². The number of rotatable bonds is 8. The van der Waals surface area contributed by atoms with Crippen molar-refractivity contribution in [3.8, 4) is 0 Å². The third-order valence-electron chi connectivity index (χ3n) is 3.04. The number of anilines is 1. The van der Waals surface area contributed by atoms with Gasteiger partial charge in [0.1, 0.15) is 11.1 Å². The molecular formula is C17H18Cl3NO5. The predicted octanol–water partition coefficient (Wildman–Crippen LogP) is 4.66. The Morgan fingerprint density at radius 1 is 1.12 bits per heavy atom. The van der Waals surface area contributed by atoms with Gasteiger partial charge in [-0.3, -0.25) is 4.79 Å². The second kappa shape index (κ2) is 10.4. The Labute approximate surface area is 166 Å². The Morgan fingerprint density at radius 3 is 2.31 bits per heavy atom. The number of nitrogens with one attached hydrogen (secondary N) is 1. The first-order valence-corrected chi connectivity index (χ1v) is 8.87. The summed E-state index contributed by atoms with van der Waals surface area (Å²) in [5.41, 5.74) is -0.151. The molecule has 0 aliphatic carbocycles. The van der Waals surface area contributed by atoms with E-state index in [1.54, 1.807) is 6.92 Å². The molecule has 1 N–H and O–H groups in total. The van der Waals surface area contributed by atoms with Crippen LogP contribution in [0, 0.1) is 0 Å². The Balaban J connectivity index is 3.27. The zero-order valence-corrected chi connectivity index (χ0v) is 16.7. The largest absolute Gasteiger partial charge is 0.462 e. The summed E-state index contributed by atoms with van der Waals surface area (Å²) in [6.07, 6.45) is 1.75. The predicted molar refractivity (Wildman–Crippen MR) is 101 cm³/mol. The van der Waals surface area contributed by atoms with Crippen LogP contribution in [0.3, 0.4) is 0 Å². The fraction of sp³-hybridized carbons (Fsp3) is 0.353. The van der Waals surface area contributed by atoms with Crippen molar-refractivity contribution in [3.05, 3.63) is 38.5 Å². The van der Waals surface area contributed by atoms with E-state index in [2.05, 4.69) is 5.32 Å². The number of hydrogen-bond donors (Lipinski definition) is 1. The van der Waals surface area contributed by atoms with Crippen LogP contribution in [0.25, 0.3) is 0 Å². The van der Waals surface area contributed by atoms with Crippen molar-refractivity contribution in [2.24, 2.45) is 0 Å². The zero-order valence-electron chi connectivity index (χ0n) is 14.5. The molecule has 0 aliphatic heterocycles. The lowest BCUT2D eigenvalue weighted by Gasteiger charge is -2.13. The van der Waals surface area contributed by atoms with E-state index in [9.17, 15) is 14.4 Å². The zero-order chi connectivity index (χ0) is 19.9. The number of carbonyl (C=O) groups excluding carboxylic acids is 3. The number of benzene rings is 1. The Bertz CT molecular complexity index is 746. The summed E-state index contributed by atoms with van der Waals surface area (Å²) in [7, 11) is 0. The van der Waals surface area contributed by atoms with Crippen LogP contribution in [0.2, 0.25) is 15.1 Å². The van der Waals surface area contributed by atoms with Crippen molar-refractivity contribution < 1.29 is 23.9 Å². The molecule has 0 saturated carbocycles. The third-order valence-corrected chi connectivity index (χ3v) is 4.22. The van der Waals surface area contributed by atoms with E-state index in [-0.39, 0.29) is 45.1 Å². The van der Waals surface area contributed by atoms with Crippen LogP contribution in [0.15, 0.2) is 17.8 Å². The van der Waals surface area contributed by atoms with Gasteiger partial charge in [-0.05, 0) is 26.3 Å². The van der Waals surface area contributed by atoms with Crippen LogP contribution in [0.5, 0.6) is 0 Å². The minimum atomic E-state index is -0.786. The van der Waals surface area contributed by atoms with Gasteiger partial charge in [0.15, 0.2) is 5.78 Å². The van der Waals surface area contributed by atoms with E-state index < -0.39 is 17.7 Å². The maximum absolute atomic E-state index is 12.2. The second-order valence-electron chi connectivity index (χ2n) is 5.02.